The maximum atomic E-state index is 10.6. The van der Waals surface area contributed by atoms with Gasteiger partial charge in [0.1, 0.15) is 0 Å². The number of H-pyrrole nitrogens is 1. The molecule has 0 fully saturated rings. The number of carbonyl (C=O) groups is 1. The second-order valence-corrected chi connectivity index (χ2v) is 3.96. The van der Waals surface area contributed by atoms with Crippen LogP contribution in [0, 0.1) is 3.95 Å². The highest BCUT2D eigenvalue weighted by Gasteiger charge is 2.04. The minimum Gasteiger partial charge on any atom is -0.296 e. The number of rotatable bonds is 2. The standard InChI is InChI=1S/C7H5N3OS2/c11-4-5-2-1-3-10(5)6-8-9-7(12)13-6/h1-4H,(H,9,12). The summed E-state index contributed by atoms with van der Waals surface area (Å²) in [4.78, 5) is 10.6. The molecule has 13 heavy (non-hydrogen) atoms. The molecule has 0 aliphatic heterocycles. The first-order valence-electron chi connectivity index (χ1n) is 3.49. The zero-order valence-corrected chi connectivity index (χ0v) is 8.06. The lowest BCUT2D eigenvalue weighted by Crippen LogP contribution is -1.96. The van der Waals surface area contributed by atoms with Gasteiger partial charge < -0.3 is 0 Å². The summed E-state index contributed by atoms with van der Waals surface area (Å²) in [5, 5.41) is 7.29. The second kappa shape index (κ2) is 3.23. The molecular weight excluding hydrogens is 206 g/mol. The van der Waals surface area contributed by atoms with Gasteiger partial charge in [-0.1, -0.05) is 11.3 Å². The molecule has 66 valence electrons. The van der Waals surface area contributed by atoms with Gasteiger partial charge in [-0.2, -0.15) is 0 Å². The van der Waals surface area contributed by atoms with Gasteiger partial charge in [-0.05, 0) is 24.4 Å². The van der Waals surface area contributed by atoms with Gasteiger partial charge in [0, 0.05) is 6.20 Å². The van der Waals surface area contributed by atoms with Crippen LogP contribution in [0.15, 0.2) is 18.3 Å². The average molecular weight is 211 g/mol. The van der Waals surface area contributed by atoms with Gasteiger partial charge in [-0.25, -0.2) is 0 Å². The molecular formula is C7H5N3OS2. The van der Waals surface area contributed by atoms with Crippen LogP contribution in [0.3, 0.4) is 0 Å². The average Bonchev–Trinajstić information content (AvgIpc) is 2.71. The van der Waals surface area contributed by atoms with Crippen LogP contribution < -0.4 is 0 Å². The lowest BCUT2D eigenvalue weighted by molar-refractivity contribution is 0.111. The molecule has 2 rings (SSSR count). The normalized spacial score (nSPS) is 10.2. The molecule has 4 nitrogen and oxygen atoms in total. The molecule has 1 N–H and O–H groups in total. The molecule has 0 spiro atoms. The van der Waals surface area contributed by atoms with E-state index in [1.807, 2.05) is 0 Å². The van der Waals surface area contributed by atoms with Crippen LogP contribution in [-0.4, -0.2) is 21.1 Å². The molecule has 0 bridgehead atoms. The number of nitrogens with one attached hydrogen (secondary N) is 1. The van der Waals surface area contributed by atoms with E-state index in [-0.39, 0.29) is 0 Å². The summed E-state index contributed by atoms with van der Waals surface area (Å²) < 4.78 is 2.28. The molecule has 6 heteroatoms. The smallest absolute Gasteiger partial charge is 0.215 e. The van der Waals surface area contributed by atoms with Gasteiger partial charge in [0.25, 0.3) is 0 Å². The van der Waals surface area contributed by atoms with Crippen molar-refractivity contribution in [2.45, 2.75) is 0 Å². The first-order chi connectivity index (χ1) is 6.31. The van der Waals surface area contributed by atoms with Crippen molar-refractivity contribution in [3.8, 4) is 5.13 Å². The van der Waals surface area contributed by atoms with E-state index in [4.69, 9.17) is 12.2 Å². The maximum Gasteiger partial charge on any atom is 0.215 e. The van der Waals surface area contributed by atoms with Crippen molar-refractivity contribution in [1.82, 2.24) is 14.8 Å². The van der Waals surface area contributed by atoms with Crippen LogP contribution in [0.4, 0.5) is 0 Å². The van der Waals surface area contributed by atoms with E-state index in [9.17, 15) is 4.79 Å². The fourth-order valence-corrected chi connectivity index (χ4v) is 1.87. The predicted molar refractivity (Wildman–Crippen MR) is 52.0 cm³/mol. The van der Waals surface area contributed by atoms with E-state index in [1.165, 1.54) is 11.3 Å². The number of hydrogen-bond acceptors (Lipinski definition) is 4. The molecule has 0 amide bonds. The van der Waals surface area contributed by atoms with Gasteiger partial charge in [0.15, 0.2) is 10.2 Å². The Hall–Kier alpha value is -1.27. The van der Waals surface area contributed by atoms with Crippen LogP contribution in [-0.2, 0) is 0 Å². The third-order valence-corrected chi connectivity index (χ3v) is 2.62. The van der Waals surface area contributed by atoms with Crippen molar-refractivity contribution in [3.05, 3.63) is 28.0 Å². The summed E-state index contributed by atoms with van der Waals surface area (Å²) in [6.45, 7) is 0. The van der Waals surface area contributed by atoms with Crippen molar-refractivity contribution in [1.29, 1.82) is 0 Å². The first kappa shape index (κ1) is 8.33. The third kappa shape index (κ3) is 1.45. The molecule has 0 aliphatic rings. The summed E-state index contributed by atoms with van der Waals surface area (Å²) in [5.41, 5.74) is 0.567. The molecule has 2 aromatic heterocycles. The van der Waals surface area contributed by atoms with Gasteiger partial charge in [0.05, 0.1) is 5.69 Å². The van der Waals surface area contributed by atoms with Crippen molar-refractivity contribution in [2.24, 2.45) is 0 Å². The van der Waals surface area contributed by atoms with Crippen LogP contribution in [0.25, 0.3) is 5.13 Å². The second-order valence-electron chi connectivity index (χ2n) is 2.32. The van der Waals surface area contributed by atoms with E-state index in [0.717, 1.165) is 6.29 Å². The van der Waals surface area contributed by atoms with E-state index in [0.29, 0.717) is 14.8 Å². The summed E-state index contributed by atoms with van der Waals surface area (Å²) in [5.74, 6) is 0. The number of hydrogen-bond donors (Lipinski definition) is 1. The fraction of sp³-hybridized carbons (Fsp3) is 0. The van der Waals surface area contributed by atoms with Crippen LogP contribution in [0.5, 0.6) is 0 Å². The van der Waals surface area contributed by atoms with Crippen molar-refractivity contribution < 1.29 is 4.79 Å². The van der Waals surface area contributed by atoms with Crippen LogP contribution >= 0.6 is 23.6 Å². The lowest BCUT2D eigenvalue weighted by Gasteiger charge is -1.96. The van der Waals surface area contributed by atoms with Crippen molar-refractivity contribution in [3.63, 3.8) is 0 Å². The molecule has 0 saturated carbocycles. The number of nitrogens with zero attached hydrogens (tertiary/aromatic N) is 2. The van der Waals surface area contributed by atoms with E-state index >= 15 is 0 Å². The van der Waals surface area contributed by atoms with Gasteiger partial charge >= 0.3 is 0 Å². The van der Waals surface area contributed by atoms with E-state index in [2.05, 4.69) is 10.2 Å². The zero-order chi connectivity index (χ0) is 9.26. The molecule has 0 unspecified atom stereocenters. The Morgan fingerprint density at radius 1 is 1.69 bits per heavy atom. The van der Waals surface area contributed by atoms with Crippen LogP contribution in [0.1, 0.15) is 10.5 Å². The van der Waals surface area contributed by atoms with Crippen molar-refractivity contribution >= 4 is 29.8 Å². The molecule has 0 radical (unpaired) electrons. The highest BCUT2D eigenvalue weighted by molar-refractivity contribution is 7.73. The van der Waals surface area contributed by atoms with Gasteiger partial charge in [-0.3, -0.25) is 14.5 Å². The molecule has 2 aromatic rings. The quantitative estimate of drug-likeness (QED) is 0.608. The molecule has 0 atom stereocenters. The Balaban J connectivity index is 2.57. The highest BCUT2D eigenvalue weighted by Crippen LogP contribution is 2.13. The minimum atomic E-state index is 0.567. The molecule has 0 aliphatic carbocycles. The molecule has 2 heterocycles. The molecule has 0 saturated heterocycles. The zero-order valence-electron chi connectivity index (χ0n) is 6.43. The Morgan fingerprint density at radius 3 is 3.15 bits per heavy atom. The molecule has 0 aromatic carbocycles. The Bertz CT molecular complexity index is 482. The summed E-state index contributed by atoms with van der Waals surface area (Å²) in [7, 11) is 0. The van der Waals surface area contributed by atoms with E-state index in [1.54, 1.807) is 22.9 Å². The number of carbonyl (C=O) groups excluding carboxylic acids is 1. The first-order valence-corrected chi connectivity index (χ1v) is 4.72. The maximum absolute atomic E-state index is 10.6. The highest BCUT2D eigenvalue weighted by atomic mass is 32.1. The fourth-order valence-electron chi connectivity index (χ4n) is 0.989. The SMILES string of the molecule is O=Cc1cccn1-c1n[nH]c(=S)s1. The Morgan fingerprint density at radius 2 is 2.54 bits per heavy atom. The predicted octanol–water partition coefficient (Wildman–Crippen LogP) is 1.80. The third-order valence-electron chi connectivity index (χ3n) is 1.53. The van der Waals surface area contributed by atoms with E-state index < -0.39 is 0 Å². The number of aromatic nitrogens is 3. The minimum absolute atomic E-state index is 0.567. The van der Waals surface area contributed by atoms with Gasteiger partial charge in [-0.15, -0.1) is 5.10 Å². The number of aromatic amines is 1. The van der Waals surface area contributed by atoms with Crippen molar-refractivity contribution in [2.75, 3.05) is 0 Å². The summed E-state index contributed by atoms with van der Waals surface area (Å²) in [6.07, 6.45) is 2.55. The lowest BCUT2D eigenvalue weighted by atomic mass is 10.5. The Labute approximate surface area is 82.8 Å². The largest absolute Gasteiger partial charge is 0.296 e. The number of aldehydes is 1. The Kier molecular flexibility index (Phi) is 2.07. The topological polar surface area (TPSA) is 50.7 Å². The van der Waals surface area contributed by atoms with Crippen LogP contribution in [0.2, 0.25) is 0 Å². The monoisotopic (exact) mass is 211 g/mol. The summed E-state index contributed by atoms with van der Waals surface area (Å²) in [6, 6.07) is 3.51. The van der Waals surface area contributed by atoms with Gasteiger partial charge in [0.2, 0.25) is 5.13 Å². The summed E-state index contributed by atoms with van der Waals surface area (Å²) >= 11 is 6.21.